The maximum atomic E-state index is 4.49. The third-order valence-corrected chi connectivity index (χ3v) is 3.33. The average Bonchev–Trinajstić information content (AvgIpc) is 2.69. The third-order valence-electron chi connectivity index (χ3n) is 3.33. The number of pyridine rings is 1. The van der Waals surface area contributed by atoms with Crippen molar-refractivity contribution in [2.75, 3.05) is 11.4 Å². The Labute approximate surface area is 102 Å². The summed E-state index contributed by atoms with van der Waals surface area (Å²) >= 11 is 0. The number of rotatable bonds is 2. The standard InChI is InChI=1S/C15H16N2/c1-12-10-17(11-13-6-3-2-4-7-13)14-8-5-9-16-15(12)14/h2-9,12H,10-11H2,1H3. The molecule has 1 aliphatic heterocycles. The van der Waals surface area contributed by atoms with Crippen LogP contribution in [-0.4, -0.2) is 11.5 Å². The molecular formula is C15H16N2. The summed E-state index contributed by atoms with van der Waals surface area (Å²) < 4.78 is 0. The van der Waals surface area contributed by atoms with Crippen LogP contribution in [0, 0.1) is 0 Å². The summed E-state index contributed by atoms with van der Waals surface area (Å²) in [6, 6.07) is 14.8. The SMILES string of the molecule is CC1CN(Cc2ccccc2)c2cccnc21. The van der Waals surface area contributed by atoms with Gasteiger partial charge >= 0.3 is 0 Å². The van der Waals surface area contributed by atoms with Gasteiger partial charge in [0.25, 0.3) is 0 Å². The van der Waals surface area contributed by atoms with Gasteiger partial charge in [-0.15, -0.1) is 0 Å². The Kier molecular flexibility index (Phi) is 2.56. The molecule has 1 aromatic heterocycles. The van der Waals surface area contributed by atoms with E-state index in [4.69, 9.17) is 0 Å². The fraction of sp³-hybridized carbons (Fsp3) is 0.267. The van der Waals surface area contributed by atoms with Crippen LogP contribution < -0.4 is 4.90 Å². The van der Waals surface area contributed by atoms with E-state index in [1.807, 2.05) is 12.3 Å². The molecule has 1 atom stereocenters. The average molecular weight is 224 g/mol. The second-order valence-electron chi connectivity index (χ2n) is 4.67. The molecule has 2 heteroatoms. The van der Waals surface area contributed by atoms with Crippen LogP contribution in [0.3, 0.4) is 0 Å². The second-order valence-corrected chi connectivity index (χ2v) is 4.67. The van der Waals surface area contributed by atoms with E-state index in [9.17, 15) is 0 Å². The van der Waals surface area contributed by atoms with Gasteiger partial charge in [-0.1, -0.05) is 37.3 Å². The monoisotopic (exact) mass is 224 g/mol. The van der Waals surface area contributed by atoms with E-state index in [0.29, 0.717) is 5.92 Å². The van der Waals surface area contributed by atoms with Gasteiger partial charge in [-0.3, -0.25) is 4.98 Å². The zero-order chi connectivity index (χ0) is 11.7. The number of fused-ring (bicyclic) bond motifs is 1. The zero-order valence-electron chi connectivity index (χ0n) is 10.0. The minimum Gasteiger partial charge on any atom is -0.365 e. The maximum Gasteiger partial charge on any atom is 0.0682 e. The van der Waals surface area contributed by atoms with E-state index < -0.39 is 0 Å². The summed E-state index contributed by atoms with van der Waals surface area (Å²) in [5, 5.41) is 0. The fourth-order valence-corrected chi connectivity index (χ4v) is 2.53. The first-order valence-electron chi connectivity index (χ1n) is 6.08. The summed E-state index contributed by atoms with van der Waals surface area (Å²) in [4.78, 5) is 6.91. The van der Waals surface area contributed by atoms with Gasteiger partial charge in [0.05, 0.1) is 11.4 Å². The Morgan fingerprint density at radius 1 is 1.18 bits per heavy atom. The van der Waals surface area contributed by atoms with E-state index in [1.165, 1.54) is 16.9 Å². The van der Waals surface area contributed by atoms with E-state index >= 15 is 0 Å². The Balaban J connectivity index is 1.87. The first-order valence-corrected chi connectivity index (χ1v) is 6.08. The van der Waals surface area contributed by atoms with Gasteiger partial charge in [-0.05, 0) is 17.7 Å². The minimum atomic E-state index is 0.537. The molecule has 0 saturated heterocycles. The van der Waals surface area contributed by atoms with Gasteiger partial charge in [0.2, 0.25) is 0 Å². The number of nitrogens with zero attached hydrogens (tertiary/aromatic N) is 2. The minimum absolute atomic E-state index is 0.537. The summed E-state index contributed by atoms with van der Waals surface area (Å²) in [5.74, 6) is 0.537. The number of anilines is 1. The van der Waals surface area contributed by atoms with E-state index in [-0.39, 0.29) is 0 Å². The highest BCUT2D eigenvalue weighted by molar-refractivity contribution is 5.57. The van der Waals surface area contributed by atoms with Crippen molar-refractivity contribution in [2.45, 2.75) is 19.4 Å². The Morgan fingerprint density at radius 2 is 2.00 bits per heavy atom. The van der Waals surface area contributed by atoms with Crippen molar-refractivity contribution in [2.24, 2.45) is 0 Å². The number of hydrogen-bond donors (Lipinski definition) is 0. The third kappa shape index (κ3) is 1.91. The quantitative estimate of drug-likeness (QED) is 0.778. The van der Waals surface area contributed by atoms with Crippen LogP contribution in [-0.2, 0) is 6.54 Å². The van der Waals surface area contributed by atoms with Crippen molar-refractivity contribution in [3.63, 3.8) is 0 Å². The predicted molar refractivity (Wildman–Crippen MR) is 70.1 cm³/mol. The molecule has 86 valence electrons. The molecule has 2 aromatic rings. The van der Waals surface area contributed by atoms with Crippen molar-refractivity contribution in [3.05, 3.63) is 59.9 Å². The topological polar surface area (TPSA) is 16.1 Å². The largest absolute Gasteiger partial charge is 0.365 e. The smallest absolute Gasteiger partial charge is 0.0682 e. The van der Waals surface area contributed by atoms with Crippen molar-refractivity contribution in [3.8, 4) is 0 Å². The molecule has 0 spiro atoms. The predicted octanol–water partition coefficient (Wildman–Crippen LogP) is 3.21. The molecule has 0 aliphatic carbocycles. The zero-order valence-corrected chi connectivity index (χ0v) is 10.0. The maximum absolute atomic E-state index is 4.49. The van der Waals surface area contributed by atoms with E-state index in [0.717, 1.165) is 13.1 Å². The number of benzene rings is 1. The van der Waals surface area contributed by atoms with Crippen molar-refractivity contribution >= 4 is 5.69 Å². The normalized spacial score (nSPS) is 18.2. The molecule has 0 saturated carbocycles. The molecule has 0 N–H and O–H groups in total. The van der Waals surface area contributed by atoms with Gasteiger partial charge in [0, 0.05) is 25.2 Å². The van der Waals surface area contributed by atoms with Crippen LogP contribution in [0.1, 0.15) is 24.1 Å². The van der Waals surface area contributed by atoms with Crippen LogP contribution in [0.4, 0.5) is 5.69 Å². The van der Waals surface area contributed by atoms with Crippen molar-refractivity contribution < 1.29 is 0 Å². The molecule has 0 amide bonds. The molecule has 0 fully saturated rings. The summed E-state index contributed by atoms with van der Waals surface area (Å²) in [6.45, 7) is 4.29. The summed E-state index contributed by atoms with van der Waals surface area (Å²) in [5.41, 5.74) is 3.89. The second kappa shape index (κ2) is 4.21. The highest BCUT2D eigenvalue weighted by Crippen LogP contribution is 2.34. The molecule has 2 heterocycles. The van der Waals surface area contributed by atoms with Gasteiger partial charge < -0.3 is 4.90 Å². The fourth-order valence-electron chi connectivity index (χ4n) is 2.53. The van der Waals surface area contributed by atoms with Gasteiger partial charge in [-0.25, -0.2) is 0 Å². The lowest BCUT2D eigenvalue weighted by molar-refractivity contribution is 0.736. The molecular weight excluding hydrogens is 208 g/mol. The van der Waals surface area contributed by atoms with Gasteiger partial charge in [0.1, 0.15) is 0 Å². The van der Waals surface area contributed by atoms with Gasteiger partial charge in [-0.2, -0.15) is 0 Å². The van der Waals surface area contributed by atoms with Crippen molar-refractivity contribution in [1.82, 2.24) is 4.98 Å². The van der Waals surface area contributed by atoms with Crippen LogP contribution in [0.15, 0.2) is 48.7 Å². The Bertz CT molecular complexity index is 507. The first kappa shape index (κ1) is 10.3. The van der Waals surface area contributed by atoms with Crippen LogP contribution in [0.25, 0.3) is 0 Å². The van der Waals surface area contributed by atoms with Gasteiger partial charge in [0.15, 0.2) is 0 Å². The molecule has 1 aliphatic rings. The van der Waals surface area contributed by atoms with Crippen LogP contribution in [0.2, 0.25) is 0 Å². The number of hydrogen-bond acceptors (Lipinski definition) is 2. The van der Waals surface area contributed by atoms with Crippen LogP contribution >= 0.6 is 0 Å². The van der Waals surface area contributed by atoms with Crippen molar-refractivity contribution in [1.29, 1.82) is 0 Å². The first-order chi connectivity index (χ1) is 8.34. The molecule has 2 nitrogen and oxygen atoms in total. The van der Waals surface area contributed by atoms with Crippen LogP contribution in [0.5, 0.6) is 0 Å². The van der Waals surface area contributed by atoms with E-state index in [2.05, 4.69) is 53.2 Å². The Hall–Kier alpha value is -1.83. The Morgan fingerprint density at radius 3 is 2.82 bits per heavy atom. The lowest BCUT2D eigenvalue weighted by atomic mass is 10.1. The molecule has 1 unspecified atom stereocenters. The summed E-state index contributed by atoms with van der Waals surface area (Å²) in [7, 11) is 0. The lowest BCUT2D eigenvalue weighted by Gasteiger charge is -2.19. The molecule has 1 aromatic carbocycles. The highest BCUT2D eigenvalue weighted by Gasteiger charge is 2.25. The highest BCUT2D eigenvalue weighted by atomic mass is 15.2. The van der Waals surface area contributed by atoms with E-state index in [1.54, 1.807) is 0 Å². The molecule has 0 bridgehead atoms. The molecule has 0 radical (unpaired) electrons. The molecule has 17 heavy (non-hydrogen) atoms. The lowest BCUT2D eigenvalue weighted by Crippen LogP contribution is -2.20. The molecule has 3 rings (SSSR count). The number of aromatic nitrogens is 1. The summed E-state index contributed by atoms with van der Waals surface area (Å²) in [6.07, 6.45) is 1.89.